The lowest BCUT2D eigenvalue weighted by Crippen LogP contribution is -2.01. The zero-order valence-electron chi connectivity index (χ0n) is 8.39. The third-order valence-electron chi connectivity index (χ3n) is 2.10. The fraction of sp³-hybridized carbons (Fsp3) is 0.0909. The summed E-state index contributed by atoms with van der Waals surface area (Å²) in [6.45, 7) is 6.93. The second-order valence-electron chi connectivity index (χ2n) is 3.26. The summed E-state index contributed by atoms with van der Waals surface area (Å²) < 4.78 is 14.2. The highest BCUT2D eigenvalue weighted by Crippen LogP contribution is 2.15. The van der Waals surface area contributed by atoms with Crippen molar-refractivity contribution >= 4 is 5.82 Å². The minimum atomic E-state index is -0.309. The summed E-state index contributed by atoms with van der Waals surface area (Å²) in [4.78, 5) is 3.23. The maximum atomic E-state index is 12.7. The first-order valence-corrected chi connectivity index (χ1v) is 4.64. The van der Waals surface area contributed by atoms with E-state index < -0.39 is 0 Å². The van der Waals surface area contributed by atoms with Crippen molar-refractivity contribution in [2.24, 2.45) is 0 Å². The fourth-order valence-electron chi connectivity index (χ4n) is 1.39. The SMILES string of the molecule is [C-]#[N+]Cc1cc(N)n(-c2ccc(F)cc2)n1. The maximum Gasteiger partial charge on any atom is 0.258 e. The molecular formula is C11H9FN4. The van der Waals surface area contributed by atoms with Crippen molar-refractivity contribution in [3.05, 3.63) is 53.3 Å². The molecule has 0 aliphatic rings. The first kappa shape index (κ1) is 10.2. The molecule has 4 nitrogen and oxygen atoms in total. The number of rotatable bonds is 2. The zero-order valence-corrected chi connectivity index (χ0v) is 8.39. The van der Waals surface area contributed by atoms with Crippen molar-refractivity contribution < 1.29 is 4.39 Å². The third-order valence-corrected chi connectivity index (χ3v) is 2.10. The molecule has 0 unspecified atom stereocenters. The van der Waals surface area contributed by atoms with Crippen LogP contribution < -0.4 is 5.73 Å². The Kier molecular flexibility index (Phi) is 2.56. The molecule has 2 N–H and O–H groups in total. The third kappa shape index (κ3) is 1.86. The second-order valence-corrected chi connectivity index (χ2v) is 3.26. The van der Waals surface area contributed by atoms with Crippen molar-refractivity contribution in [1.29, 1.82) is 0 Å². The van der Waals surface area contributed by atoms with Gasteiger partial charge in [-0.05, 0) is 24.3 Å². The van der Waals surface area contributed by atoms with Gasteiger partial charge in [0.25, 0.3) is 6.54 Å². The van der Waals surface area contributed by atoms with Crippen LogP contribution in [0.3, 0.4) is 0 Å². The number of anilines is 1. The van der Waals surface area contributed by atoms with Crippen LogP contribution in [-0.2, 0) is 6.54 Å². The summed E-state index contributed by atoms with van der Waals surface area (Å²) in [7, 11) is 0. The number of halogens is 1. The zero-order chi connectivity index (χ0) is 11.5. The standard InChI is InChI=1S/C11H9FN4/c1-14-7-9-6-11(13)16(15-9)10-4-2-8(12)3-5-10/h2-6H,7,13H2. The molecule has 0 aliphatic carbocycles. The molecule has 0 saturated carbocycles. The molecule has 1 aromatic carbocycles. The van der Waals surface area contributed by atoms with Crippen molar-refractivity contribution in [1.82, 2.24) is 9.78 Å². The smallest absolute Gasteiger partial charge is 0.258 e. The lowest BCUT2D eigenvalue weighted by molar-refractivity contribution is 0.627. The van der Waals surface area contributed by atoms with Crippen LogP contribution in [-0.4, -0.2) is 9.78 Å². The molecule has 0 saturated heterocycles. The van der Waals surface area contributed by atoms with Crippen molar-refractivity contribution in [3.63, 3.8) is 0 Å². The van der Waals surface area contributed by atoms with Gasteiger partial charge in [-0.2, -0.15) is 5.10 Å². The molecule has 2 rings (SSSR count). The van der Waals surface area contributed by atoms with Crippen molar-refractivity contribution in [3.8, 4) is 5.69 Å². The van der Waals surface area contributed by atoms with E-state index in [0.717, 1.165) is 0 Å². The number of aromatic nitrogens is 2. The van der Waals surface area contributed by atoms with Gasteiger partial charge in [0.2, 0.25) is 0 Å². The first-order chi connectivity index (χ1) is 7.70. The molecule has 1 aromatic heterocycles. The van der Waals surface area contributed by atoms with Gasteiger partial charge in [-0.15, -0.1) is 0 Å². The van der Waals surface area contributed by atoms with Gasteiger partial charge in [0.1, 0.15) is 17.3 Å². The Morgan fingerprint density at radius 2 is 2.06 bits per heavy atom. The highest BCUT2D eigenvalue weighted by Gasteiger charge is 2.08. The Labute approximate surface area is 91.9 Å². The van der Waals surface area contributed by atoms with E-state index in [1.165, 1.54) is 16.8 Å². The Bertz CT molecular complexity index is 536. The van der Waals surface area contributed by atoms with Gasteiger partial charge in [0.15, 0.2) is 0 Å². The fourth-order valence-corrected chi connectivity index (χ4v) is 1.39. The average molecular weight is 216 g/mol. The molecule has 0 fully saturated rings. The monoisotopic (exact) mass is 216 g/mol. The van der Waals surface area contributed by atoms with E-state index in [9.17, 15) is 4.39 Å². The minimum absolute atomic E-state index is 0.193. The van der Waals surface area contributed by atoms with Gasteiger partial charge < -0.3 is 10.6 Å². The van der Waals surface area contributed by atoms with Gasteiger partial charge >= 0.3 is 0 Å². The lowest BCUT2D eigenvalue weighted by Gasteiger charge is -2.02. The predicted octanol–water partition coefficient (Wildman–Crippen LogP) is 2.01. The summed E-state index contributed by atoms with van der Waals surface area (Å²) in [6.07, 6.45) is 0. The number of benzene rings is 1. The molecule has 0 spiro atoms. The average Bonchev–Trinajstić information content (AvgIpc) is 2.61. The van der Waals surface area contributed by atoms with Gasteiger partial charge in [-0.3, -0.25) is 0 Å². The Morgan fingerprint density at radius 3 is 2.69 bits per heavy atom. The van der Waals surface area contributed by atoms with Crippen LogP contribution in [0.4, 0.5) is 10.2 Å². The quantitative estimate of drug-likeness (QED) is 0.780. The largest absolute Gasteiger partial charge is 0.384 e. The molecule has 0 radical (unpaired) electrons. The second kappa shape index (κ2) is 4.03. The molecule has 0 aliphatic heterocycles. The molecule has 0 atom stereocenters. The summed E-state index contributed by atoms with van der Waals surface area (Å²) >= 11 is 0. The Balaban J connectivity index is 2.40. The molecule has 80 valence electrons. The van der Waals surface area contributed by atoms with Crippen molar-refractivity contribution in [2.75, 3.05) is 5.73 Å². The topological polar surface area (TPSA) is 48.2 Å². The number of nitrogens with zero attached hydrogens (tertiary/aromatic N) is 3. The van der Waals surface area contributed by atoms with Crippen LogP contribution in [0.2, 0.25) is 0 Å². The van der Waals surface area contributed by atoms with E-state index >= 15 is 0 Å². The Morgan fingerprint density at radius 1 is 1.38 bits per heavy atom. The van der Waals surface area contributed by atoms with Crippen LogP contribution in [0.25, 0.3) is 10.5 Å². The predicted molar refractivity (Wildman–Crippen MR) is 58.2 cm³/mol. The number of nitrogen functional groups attached to an aromatic ring is 1. The lowest BCUT2D eigenvalue weighted by atomic mass is 10.3. The van der Waals surface area contributed by atoms with Crippen LogP contribution >= 0.6 is 0 Å². The van der Waals surface area contributed by atoms with Crippen LogP contribution in [0, 0.1) is 12.4 Å². The molecule has 0 bridgehead atoms. The van der Waals surface area contributed by atoms with Crippen LogP contribution in [0.15, 0.2) is 30.3 Å². The minimum Gasteiger partial charge on any atom is -0.384 e. The molecule has 5 heteroatoms. The van der Waals surface area contributed by atoms with Crippen LogP contribution in [0.1, 0.15) is 5.69 Å². The summed E-state index contributed by atoms with van der Waals surface area (Å²) in [5.41, 5.74) is 7.03. The Hall–Kier alpha value is -2.35. The van der Waals surface area contributed by atoms with Crippen LogP contribution in [0.5, 0.6) is 0 Å². The number of hydrogen-bond donors (Lipinski definition) is 1. The number of nitrogens with two attached hydrogens (primary N) is 1. The van der Waals surface area contributed by atoms with E-state index in [2.05, 4.69) is 9.94 Å². The van der Waals surface area contributed by atoms with Gasteiger partial charge in [-0.1, -0.05) is 0 Å². The summed E-state index contributed by atoms with van der Waals surface area (Å²) in [5, 5.41) is 4.15. The number of hydrogen-bond acceptors (Lipinski definition) is 2. The highest BCUT2D eigenvalue weighted by atomic mass is 19.1. The molecule has 2 aromatic rings. The highest BCUT2D eigenvalue weighted by molar-refractivity contribution is 5.42. The molecule has 0 amide bonds. The van der Waals surface area contributed by atoms with E-state index in [1.54, 1.807) is 18.2 Å². The van der Waals surface area contributed by atoms with Gasteiger partial charge in [0, 0.05) is 6.07 Å². The van der Waals surface area contributed by atoms with Gasteiger partial charge in [-0.25, -0.2) is 15.6 Å². The van der Waals surface area contributed by atoms with E-state index in [4.69, 9.17) is 12.3 Å². The van der Waals surface area contributed by atoms with Gasteiger partial charge in [0.05, 0.1) is 5.69 Å². The van der Waals surface area contributed by atoms with E-state index in [-0.39, 0.29) is 12.4 Å². The summed E-state index contributed by atoms with van der Waals surface area (Å²) in [5.74, 6) is 0.126. The van der Waals surface area contributed by atoms with Crippen molar-refractivity contribution in [2.45, 2.75) is 6.54 Å². The molecule has 1 heterocycles. The maximum absolute atomic E-state index is 12.7. The summed E-state index contributed by atoms with van der Waals surface area (Å²) in [6, 6.07) is 7.48. The molecular weight excluding hydrogens is 207 g/mol. The first-order valence-electron chi connectivity index (χ1n) is 4.64. The molecule has 16 heavy (non-hydrogen) atoms. The van der Waals surface area contributed by atoms with E-state index in [1.807, 2.05) is 0 Å². The normalized spacial score (nSPS) is 10.0. The van der Waals surface area contributed by atoms with E-state index in [0.29, 0.717) is 17.2 Å².